The van der Waals surface area contributed by atoms with Crippen molar-refractivity contribution in [2.75, 3.05) is 44.8 Å². The van der Waals surface area contributed by atoms with Gasteiger partial charge in [-0.15, -0.1) is 0 Å². The highest BCUT2D eigenvalue weighted by Crippen LogP contribution is 2.29. The highest BCUT2D eigenvalue weighted by Gasteiger charge is 2.36. The van der Waals surface area contributed by atoms with Crippen molar-refractivity contribution in [3.63, 3.8) is 0 Å². The third kappa shape index (κ3) is 3.69. The van der Waals surface area contributed by atoms with Crippen molar-refractivity contribution in [1.82, 2.24) is 14.5 Å². The van der Waals surface area contributed by atoms with Gasteiger partial charge in [0.2, 0.25) is 5.03 Å². The zero-order valence-electron chi connectivity index (χ0n) is 16.1. The first-order valence-electron chi connectivity index (χ1n) is 9.00. The van der Waals surface area contributed by atoms with Crippen LogP contribution in [0.15, 0.2) is 29.3 Å². The van der Waals surface area contributed by atoms with Crippen LogP contribution in [0, 0.1) is 6.92 Å². The van der Waals surface area contributed by atoms with E-state index in [4.69, 9.17) is 9.47 Å². The smallest absolute Gasteiger partial charge is 0.343 e. The number of rotatable bonds is 6. The number of anilines is 1. The fourth-order valence-corrected chi connectivity index (χ4v) is 4.76. The number of hydrogen-bond donors (Lipinski definition) is 1. The molecule has 0 unspecified atom stereocenters. The number of nitrogens with one attached hydrogen (secondary N) is 1. The van der Waals surface area contributed by atoms with Gasteiger partial charge in [0.1, 0.15) is 11.3 Å². The van der Waals surface area contributed by atoms with Crippen molar-refractivity contribution >= 4 is 21.7 Å². The molecule has 0 spiro atoms. The molecule has 3 rings (SSSR count). The Morgan fingerprint density at radius 3 is 2.54 bits per heavy atom. The molecule has 152 valence electrons. The van der Waals surface area contributed by atoms with Crippen molar-refractivity contribution in [3.05, 3.63) is 35.5 Å². The highest BCUT2D eigenvalue weighted by atomic mass is 32.2. The summed E-state index contributed by atoms with van der Waals surface area (Å²) < 4.78 is 37.9. The van der Waals surface area contributed by atoms with Crippen molar-refractivity contribution in [3.8, 4) is 5.75 Å². The first-order valence-corrected chi connectivity index (χ1v) is 10.4. The van der Waals surface area contributed by atoms with E-state index >= 15 is 0 Å². The molecule has 9 nitrogen and oxygen atoms in total. The van der Waals surface area contributed by atoms with Crippen LogP contribution in [-0.2, 0) is 14.8 Å². The fourth-order valence-electron chi connectivity index (χ4n) is 3.22. The zero-order valence-corrected chi connectivity index (χ0v) is 17.0. The Morgan fingerprint density at radius 2 is 1.89 bits per heavy atom. The summed E-state index contributed by atoms with van der Waals surface area (Å²) in [7, 11) is -2.32. The molecule has 1 aromatic heterocycles. The van der Waals surface area contributed by atoms with Gasteiger partial charge in [0.15, 0.2) is 0 Å². The number of piperazine rings is 1. The maximum atomic E-state index is 13.1. The Balaban J connectivity index is 1.80. The highest BCUT2D eigenvalue weighted by molar-refractivity contribution is 7.89. The van der Waals surface area contributed by atoms with Crippen LogP contribution in [0.2, 0.25) is 0 Å². The first kappa shape index (κ1) is 20.2. The van der Waals surface area contributed by atoms with Crippen LogP contribution in [0.1, 0.15) is 23.0 Å². The fraction of sp³-hybridized carbons (Fsp3) is 0.444. The number of methoxy groups -OCH3 is 1. The predicted molar refractivity (Wildman–Crippen MR) is 103 cm³/mol. The number of aromatic nitrogens is 2. The number of carbonyl (C=O) groups is 1. The van der Waals surface area contributed by atoms with Gasteiger partial charge in [-0.05, 0) is 26.0 Å². The molecule has 1 fully saturated rings. The summed E-state index contributed by atoms with van der Waals surface area (Å²) >= 11 is 0. The molecule has 1 aliphatic rings. The molecule has 0 radical (unpaired) electrons. The molecule has 1 aromatic carbocycles. The van der Waals surface area contributed by atoms with Gasteiger partial charge < -0.3 is 14.4 Å². The molecule has 1 aliphatic heterocycles. The molecule has 2 aromatic rings. The topological polar surface area (TPSA) is 105 Å². The number of benzene rings is 1. The second kappa shape index (κ2) is 8.19. The van der Waals surface area contributed by atoms with Gasteiger partial charge in [0.25, 0.3) is 10.0 Å². The number of ether oxygens (including phenoxy) is 2. The number of nitrogens with zero attached hydrogens (tertiary/aromatic N) is 3. The number of esters is 1. The first-order chi connectivity index (χ1) is 13.4. The van der Waals surface area contributed by atoms with Gasteiger partial charge in [0, 0.05) is 31.9 Å². The lowest BCUT2D eigenvalue weighted by Crippen LogP contribution is -2.49. The number of sulfonamides is 1. The molecule has 28 heavy (non-hydrogen) atoms. The van der Waals surface area contributed by atoms with Gasteiger partial charge in [-0.25, -0.2) is 13.2 Å². The van der Waals surface area contributed by atoms with Gasteiger partial charge in [-0.2, -0.15) is 9.40 Å². The summed E-state index contributed by atoms with van der Waals surface area (Å²) in [4.78, 5) is 14.3. The molecular weight excluding hydrogens is 384 g/mol. The standard InChI is InChI=1S/C18H24N4O5S/c1-4-27-18(23)16-13(2)19-20-17(16)28(24,25)22-11-9-21(10-12-22)14-7-5-6-8-15(14)26-3/h5-8H,4,9-12H2,1-3H3,(H,19,20). The molecule has 0 aliphatic carbocycles. The summed E-state index contributed by atoms with van der Waals surface area (Å²) in [5, 5.41) is 6.19. The second-order valence-electron chi connectivity index (χ2n) is 6.31. The summed E-state index contributed by atoms with van der Waals surface area (Å²) in [6, 6.07) is 7.62. The van der Waals surface area contributed by atoms with Crippen molar-refractivity contribution in [2.45, 2.75) is 18.9 Å². The molecule has 0 bridgehead atoms. The van der Waals surface area contributed by atoms with Gasteiger partial charge >= 0.3 is 5.97 Å². The zero-order chi connectivity index (χ0) is 20.3. The average molecular weight is 408 g/mol. The Kier molecular flexibility index (Phi) is 5.90. The van der Waals surface area contributed by atoms with E-state index in [2.05, 4.69) is 15.1 Å². The van der Waals surface area contributed by atoms with E-state index in [0.717, 1.165) is 11.4 Å². The van der Waals surface area contributed by atoms with Gasteiger partial charge in [-0.3, -0.25) is 5.10 Å². The van der Waals surface area contributed by atoms with Crippen LogP contribution in [0.3, 0.4) is 0 Å². The molecule has 1 N–H and O–H groups in total. The maximum absolute atomic E-state index is 13.1. The number of hydrogen-bond acceptors (Lipinski definition) is 7. The number of H-pyrrole nitrogens is 1. The average Bonchev–Trinajstić information content (AvgIpc) is 3.10. The Bertz CT molecular complexity index is 949. The van der Waals surface area contributed by atoms with Crippen LogP contribution in [0.4, 0.5) is 5.69 Å². The molecular formula is C18H24N4O5S. The van der Waals surface area contributed by atoms with Crippen LogP contribution in [0.5, 0.6) is 5.75 Å². The van der Waals surface area contributed by atoms with E-state index in [1.807, 2.05) is 24.3 Å². The van der Waals surface area contributed by atoms with Crippen molar-refractivity contribution in [1.29, 1.82) is 0 Å². The number of aromatic amines is 1. The van der Waals surface area contributed by atoms with Gasteiger partial charge in [-0.1, -0.05) is 12.1 Å². The Hall–Kier alpha value is -2.59. The van der Waals surface area contributed by atoms with Crippen molar-refractivity contribution in [2.24, 2.45) is 0 Å². The third-order valence-corrected chi connectivity index (χ3v) is 6.47. The van der Waals surface area contributed by atoms with E-state index in [-0.39, 0.29) is 30.3 Å². The van der Waals surface area contributed by atoms with Crippen LogP contribution >= 0.6 is 0 Å². The lowest BCUT2D eigenvalue weighted by molar-refractivity contribution is 0.0520. The minimum absolute atomic E-state index is 0.0333. The summed E-state index contributed by atoms with van der Waals surface area (Å²) in [5.41, 5.74) is 1.25. The van der Waals surface area contributed by atoms with E-state index in [1.165, 1.54) is 4.31 Å². The van der Waals surface area contributed by atoms with Crippen LogP contribution in [0.25, 0.3) is 0 Å². The molecule has 0 atom stereocenters. The van der Waals surface area contributed by atoms with E-state index in [1.54, 1.807) is 21.0 Å². The minimum atomic E-state index is -3.92. The lowest BCUT2D eigenvalue weighted by Gasteiger charge is -2.35. The van der Waals surface area contributed by atoms with Crippen LogP contribution in [-0.4, -0.2) is 68.8 Å². The van der Waals surface area contributed by atoms with Crippen molar-refractivity contribution < 1.29 is 22.7 Å². The monoisotopic (exact) mass is 408 g/mol. The molecule has 0 amide bonds. The summed E-state index contributed by atoms with van der Waals surface area (Å²) in [5.74, 6) is 0.0475. The quantitative estimate of drug-likeness (QED) is 0.721. The second-order valence-corrected chi connectivity index (χ2v) is 8.17. The normalized spacial score (nSPS) is 15.5. The maximum Gasteiger partial charge on any atom is 0.343 e. The molecule has 0 saturated carbocycles. The minimum Gasteiger partial charge on any atom is -0.495 e. The van der Waals surface area contributed by atoms with E-state index in [9.17, 15) is 13.2 Å². The molecule has 1 saturated heterocycles. The lowest BCUT2D eigenvalue weighted by atomic mass is 10.2. The number of aryl methyl sites for hydroxylation is 1. The predicted octanol–water partition coefficient (Wildman–Crippen LogP) is 1.41. The molecule has 2 heterocycles. The van der Waals surface area contributed by atoms with Gasteiger partial charge in [0.05, 0.1) is 19.4 Å². The molecule has 10 heteroatoms. The van der Waals surface area contributed by atoms with E-state index in [0.29, 0.717) is 18.8 Å². The van der Waals surface area contributed by atoms with Crippen LogP contribution < -0.4 is 9.64 Å². The summed E-state index contributed by atoms with van der Waals surface area (Å²) in [6.45, 7) is 4.95. The Morgan fingerprint density at radius 1 is 1.21 bits per heavy atom. The largest absolute Gasteiger partial charge is 0.495 e. The Labute approximate surface area is 164 Å². The summed E-state index contributed by atoms with van der Waals surface area (Å²) in [6.07, 6.45) is 0. The van der Waals surface area contributed by atoms with E-state index < -0.39 is 16.0 Å². The SMILES string of the molecule is CCOC(=O)c1c(S(=O)(=O)N2CCN(c3ccccc3OC)CC2)n[nH]c1C. The number of para-hydroxylation sites is 2. The number of carbonyl (C=O) groups excluding carboxylic acids is 1. The third-order valence-electron chi connectivity index (χ3n) is 4.64.